The molecule has 0 aliphatic carbocycles. The lowest BCUT2D eigenvalue weighted by Gasteiger charge is -2.23. The van der Waals surface area contributed by atoms with Crippen LogP contribution in [-0.2, 0) is 11.2 Å². The predicted octanol–water partition coefficient (Wildman–Crippen LogP) is 1.95. The zero-order valence-electron chi connectivity index (χ0n) is 13.2. The van der Waals surface area contributed by atoms with Crippen molar-refractivity contribution < 1.29 is 14.3 Å². The quantitative estimate of drug-likeness (QED) is 0.886. The van der Waals surface area contributed by atoms with Crippen LogP contribution in [0.5, 0.6) is 11.5 Å². The first kappa shape index (κ1) is 15.4. The second-order valence-electron chi connectivity index (χ2n) is 5.98. The Balaban J connectivity index is 1.40. The lowest BCUT2D eigenvalue weighted by atomic mass is 10.1. The van der Waals surface area contributed by atoms with Gasteiger partial charge < -0.3 is 20.1 Å². The number of ether oxygens (including phenoxy) is 2. The molecule has 7 heteroatoms. The number of hydrogen-bond donors (Lipinski definition) is 2. The molecule has 0 unspecified atom stereocenters. The minimum atomic E-state index is 0.0458. The van der Waals surface area contributed by atoms with E-state index >= 15 is 0 Å². The van der Waals surface area contributed by atoms with Crippen molar-refractivity contribution in [2.45, 2.75) is 25.3 Å². The van der Waals surface area contributed by atoms with Crippen molar-refractivity contribution >= 4 is 17.2 Å². The molecule has 0 bridgehead atoms. The topological polar surface area (TPSA) is 72.5 Å². The number of carbonyl (C=O) groups excluding carboxylic acids is 1. The van der Waals surface area contributed by atoms with Gasteiger partial charge in [0.1, 0.15) is 5.01 Å². The zero-order valence-corrected chi connectivity index (χ0v) is 14.0. The van der Waals surface area contributed by atoms with Gasteiger partial charge in [-0.3, -0.25) is 4.79 Å². The summed E-state index contributed by atoms with van der Waals surface area (Å²) in [5, 5.41) is 9.23. The van der Waals surface area contributed by atoms with Gasteiger partial charge in [-0.1, -0.05) is 0 Å². The largest absolute Gasteiger partial charge is 0.454 e. The molecule has 1 aromatic heterocycles. The van der Waals surface area contributed by atoms with E-state index < -0.39 is 0 Å². The van der Waals surface area contributed by atoms with Crippen molar-refractivity contribution in [2.24, 2.45) is 0 Å². The summed E-state index contributed by atoms with van der Waals surface area (Å²) >= 11 is 1.54. The second-order valence-corrected chi connectivity index (χ2v) is 6.84. The molecular weight excluding hydrogens is 326 g/mol. The van der Waals surface area contributed by atoms with E-state index in [2.05, 4.69) is 15.6 Å². The summed E-state index contributed by atoms with van der Waals surface area (Å²) in [6.45, 7) is 2.20. The first-order valence-electron chi connectivity index (χ1n) is 8.12. The molecule has 3 heterocycles. The Morgan fingerprint density at radius 2 is 2.12 bits per heavy atom. The second kappa shape index (κ2) is 6.78. The number of fused-ring (bicyclic) bond motifs is 1. The number of nitrogens with one attached hydrogen (secondary N) is 2. The van der Waals surface area contributed by atoms with Crippen LogP contribution in [0.15, 0.2) is 23.6 Å². The van der Waals surface area contributed by atoms with Crippen LogP contribution >= 0.6 is 11.3 Å². The Hall–Kier alpha value is -2.12. The molecule has 1 aromatic carbocycles. The molecule has 0 radical (unpaired) electrons. The molecular formula is C17H19N3O3S. The Morgan fingerprint density at radius 3 is 3.00 bits per heavy atom. The molecule has 2 N–H and O–H groups in total. The summed E-state index contributed by atoms with van der Waals surface area (Å²) in [5.74, 6) is 1.55. The number of benzene rings is 1. The molecule has 24 heavy (non-hydrogen) atoms. The van der Waals surface area contributed by atoms with E-state index in [0.29, 0.717) is 6.42 Å². The number of hydrogen-bond acceptors (Lipinski definition) is 6. The van der Waals surface area contributed by atoms with Crippen LogP contribution in [0, 0.1) is 0 Å². The maximum atomic E-state index is 12.2. The van der Waals surface area contributed by atoms with Crippen molar-refractivity contribution in [1.82, 2.24) is 15.6 Å². The molecule has 6 nitrogen and oxygen atoms in total. The molecule has 126 valence electrons. The lowest BCUT2D eigenvalue weighted by Crippen LogP contribution is -2.43. The lowest BCUT2D eigenvalue weighted by molar-refractivity contribution is -0.121. The number of carbonyl (C=O) groups is 1. The number of amides is 1. The van der Waals surface area contributed by atoms with E-state index in [1.807, 2.05) is 23.6 Å². The molecule has 0 saturated carbocycles. The van der Waals surface area contributed by atoms with Crippen LogP contribution < -0.4 is 20.1 Å². The summed E-state index contributed by atoms with van der Waals surface area (Å²) in [5.41, 5.74) is 1.79. The van der Waals surface area contributed by atoms with Crippen molar-refractivity contribution in [3.05, 3.63) is 29.3 Å². The molecule has 2 aliphatic heterocycles. The predicted molar refractivity (Wildman–Crippen MR) is 91.4 cm³/mol. The van der Waals surface area contributed by atoms with E-state index in [0.717, 1.165) is 53.7 Å². The molecule has 1 fully saturated rings. The van der Waals surface area contributed by atoms with E-state index in [-0.39, 0.29) is 18.7 Å². The summed E-state index contributed by atoms with van der Waals surface area (Å²) < 4.78 is 10.7. The highest BCUT2D eigenvalue weighted by molar-refractivity contribution is 7.13. The molecule has 0 spiro atoms. The fourth-order valence-electron chi connectivity index (χ4n) is 2.96. The Labute approximate surface area is 144 Å². The van der Waals surface area contributed by atoms with Crippen molar-refractivity contribution in [1.29, 1.82) is 0 Å². The third-order valence-electron chi connectivity index (χ3n) is 4.22. The molecule has 1 saturated heterocycles. The van der Waals surface area contributed by atoms with Gasteiger partial charge in [-0.25, -0.2) is 4.98 Å². The summed E-state index contributed by atoms with van der Waals surface area (Å²) in [7, 11) is 0. The number of thiazole rings is 1. The number of aromatic nitrogens is 1. The van der Waals surface area contributed by atoms with E-state index in [1.54, 1.807) is 0 Å². The minimum Gasteiger partial charge on any atom is -0.454 e. The molecule has 2 aliphatic rings. The summed E-state index contributed by atoms with van der Waals surface area (Å²) in [4.78, 5) is 16.8. The number of piperidine rings is 1. The van der Waals surface area contributed by atoms with Crippen LogP contribution in [-0.4, -0.2) is 36.8 Å². The summed E-state index contributed by atoms with van der Waals surface area (Å²) in [6.07, 6.45) is 2.31. The highest BCUT2D eigenvalue weighted by atomic mass is 32.1. The van der Waals surface area contributed by atoms with E-state index in [1.165, 1.54) is 11.3 Å². The molecule has 1 amide bonds. The van der Waals surface area contributed by atoms with Gasteiger partial charge in [0, 0.05) is 17.0 Å². The van der Waals surface area contributed by atoms with Crippen molar-refractivity contribution in [3.63, 3.8) is 0 Å². The van der Waals surface area contributed by atoms with Gasteiger partial charge in [0.25, 0.3) is 0 Å². The molecule has 4 rings (SSSR count). The standard InChI is InChI=1S/C17H19N3O3S/c21-16(19-12-3-5-18-6-4-12)8-13-9-24-17(20-13)11-1-2-14-15(7-11)23-10-22-14/h1-2,7,9,12,18H,3-6,8,10H2,(H,19,21). The maximum Gasteiger partial charge on any atom is 0.231 e. The zero-order chi connectivity index (χ0) is 16.4. The monoisotopic (exact) mass is 345 g/mol. The Bertz CT molecular complexity index is 740. The van der Waals surface area contributed by atoms with Gasteiger partial charge in [0.15, 0.2) is 11.5 Å². The Morgan fingerprint density at radius 1 is 1.29 bits per heavy atom. The fraction of sp³-hybridized carbons (Fsp3) is 0.412. The van der Waals surface area contributed by atoms with Crippen molar-refractivity contribution in [2.75, 3.05) is 19.9 Å². The molecule has 0 atom stereocenters. The van der Waals surface area contributed by atoms with Crippen LogP contribution in [0.1, 0.15) is 18.5 Å². The smallest absolute Gasteiger partial charge is 0.231 e. The number of rotatable bonds is 4. The highest BCUT2D eigenvalue weighted by Crippen LogP contribution is 2.36. The van der Waals surface area contributed by atoms with Crippen LogP contribution in [0.25, 0.3) is 10.6 Å². The summed E-state index contributed by atoms with van der Waals surface area (Å²) in [6, 6.07) is 6.07. The molecule has 2 aromatic rings. The van der Waals surface area contributed by atoms with E-state index in [4.69, 9.17) is 9.47 Å². The van der Waals surface area contributed by atoms with Crippen molar-refractivity contribution in [3.8, 4) is 22.1 Å². The van der Waals surface area contributed by atoms with E-state index in [9.17, 15) is 4.79 Å². The van der Waals surface area contributed by atoms with Crippen LogP contribution in [0.2, 0.25) is 0 Å². The Kier molecular flexibility index (Phi) is 4.36. The third-order valence-corrected chi connectivity index (χ3v) is 5.16. The first-order chi connectivity index (χ1) is 11.8. The van der Waals surface area contributed by atoms with Crippen LogP contribution in [0.4, 0.5) is 0 Å². The average molecular weight is 345 g/mol. The average Bonchev–Trinajstić information content (AvgIpc) is 3.24. The first-order valence-corrected chi connectivity index (χ1v) is 9.00. The highest BCUT2D eigenvalue weighted by Gasteiger charge is 2.18. The van der Waals surface area contributed by atoms with Gasteiger partial charge >= 0.3 is 0 Å². The fourth-order valence-corrected chi connectivity index (χ4v) is 3.78. The minimum absolute atomic E-state index is 0.0458. The van der Waals surface area contributed by atoms with Gasteiger partial charge in [-0.05, 0) is 44.1 Å². The van der Waals surface area contributed by atoms with Gasteiger partial charge in [0.2, 0.25) is 12.7 Å². The van der Waals surface area contributed by atoms with Gasteiger partial charge in [-0.2, -0.15) is 0 Å². The van der Waals surface area contributed by atoms with Gasteiger partial charge in [0.05, 0.1) is 12.1 Å². The van der Waals surface area contributed by atoms with Gasteiger partial charge in [-0.15, -0.1) is 11.3 Å². The SMILES string of the molecule is O=C(Cc1csc(-c2ccc3c(c2)OCO3)n1)NC1CCNCC1. The normalized spacial score (nSPS) is 17.0. The van der Waals surface area contributed by atoms with Crippen LogP contribution in [0.3, 0.4) is 0 Å². The third kappa shape index (κ3) is 3.37. The number of nitrogens with zero attached hydrogens (tertiary/aromatic N) is 1. The maximum absolute atomic E-state index is 12.2.